The maximum atomic E-state index is 12.2. The number of benzene rings is 1. The van der Waals surface area contributed by atoms with Gasteiger partial charge in [-0.05, 0) is 62.0 Å². The predicted octanol–water partition coefficient (Wildman–Crippen LogP) is 3.20. The minimum atomic E-state index is 0. The summed E-state index contributed by atoms with van der Waals surface area (Å²) in [7, 11) is 0. The summed E-state index contributed by atoms with van der Waals surface area (Å²) in [5, 5.41) is 6.38. The van der Waals surface area contributed by atoms with Gasteiger partial charge < -0.3 is 10.6 Å². The van der Waals surface area contributed by atoms with Crippen LogP contribution in [0.2, 0.25) is 0 Å². The number of piperidine rings is 1. The van der Waals surface area contributed by atoms with Crippen molar-refractivity contribution in [3.05, 3.63) is 28.7 Å². The molecule has 1 amide bonds. The smallest absolute Gasteiger partial charge is 0.228 e. The minimum Gasteiger partial charge on any atom is -0.326 e. The molecule has 1 heterocycles. The number of nitrogens with one attached hydrogen (secondary N) is 2. The SMILES string of the molecule is Cl.O=C(Nc1ccc(Br)cc1)C1CC12CCNCC2. The van der Waals surface area contributed by atoms with Crippen LogP contribution in [0, 0.1) is 11.3 Å². The maximum absolute atomic E-state index is 12.2. The van der Waals surface area contributed by atoms with Gasteiger partial charge >= 0.3 is 0 Å². The van der Waals surface area contributed by atoms with E-state index >= 15 is 0 Å². The number of hydrogen-bond acceptors (Lipinski definition) is 2. The molecule has 3 rings (SSSR count). The van der Waals surface area contributed by atoms with Crippen LogP contribution in [0.25, 0.3) is 0 Å². The highest BCUT2D eigenvalue weighted by Gasteiger charge is 2.57. The van der Waals surface area contributed by atoms with E-state index in [0.29, 0.717) is 5.41 Å². The summed E-state index contributed by atoms with van der Waals surface area (Å²) in [6.07, 6.45) is 3.36. The Balaban J connectivity index is 0.00000133. The van der Waals surface area contributed by atoms with Crippen molar-refractivity contribution in [2.24, 2.45) is 11.3 Å². The van der Waals surface area contributed by atoms with Gasteiger partial charge in [-0.15, -0.1) is 12.4 Å². The Morgan fingerprint density at radius 2 is 1.89 bits per heavy atom. The zero-order valence-corrected chi connectivity index (χ0v) is 13.0. The first-order chi connectivity index (χ1) is 8.70. The number of hydrogen-bond donors (Lipinski definition) is 2. The second-order valence-electron chi connectivity index (χ2n) is 5.37. The van der Waals surface area contributed by atoms with Crippen molar-refractivity contribution in [2.45, 2.75) is 19.3 Å². The van der Waals surface area contributed by atoms with E-state index in [-0.39, 0.29) is 24.2 Å². The Morgan fingerprint density at radius 1 is 1.26 bits per heavy atom. The quantitative estimate of drug-likeness (QED) is 0.864. The van der Waals surface area contributed by atoms with Gasteiger partial charge in [-0.2, -0.15) is 0 Å². The highest BCUT2D eigenvalue weighted by Crippen LogP contribution is 2.58. The zero-order chi connectivity index (χ0) is 12.6. The fourth-order valence-electron chi connectivity index (χ4n) is 2.96. The van der Waals surface area contributed by atoms with Crippen LogP contribution in [-0.4, -0.2) is 19.0 Å². The van der Waals surface area contributed by atoms with Crippen LogP contribution in [0.3, 0.4) is 0 Å². The van der Waals surface area contributed by atoms with E-state index in [4.69, 9.17) is 0 Å². The first kappa shape index (κ1) is 14.8. The first-order valence-corrected chi connectivity index (χ1v) is 7.26. The molecule has 1 aromatic carbocycles. The van der Waals surface area contributed by atoms with Crippen molar-refractivity contribution in [3.8, 4) is 0 Å². The fourth-order valence-corrected chi connectivity index (χ4v) is 3.22. The Bertz CT molecular complexity index is 457. The van der Waals surface area contributed by atoms with Gasteiger partial charge in [0.1, 0.15) is 0 Å². The third-order valence-corrected chi connectivity index (χ3v) is 4.75. The molecule has 1 atom stereocenters. The molecule has 2 fully saturated rings. The molecule has 5 heteroatoms. The molecular formula is C14H18BrClN2O. The lowest BCUT2D eigenvalue weighted by molar-refractivity contribution is -0.118. The number of carbonyl (C=O) groups is 1. The third kappa shape index (κ3) is 3.12. The molecule has 104 valence electrons. The van der Waals surface area contributed by atoms with Crippen LogP contribution in [0.5, 0.6) is 0 Å². The molecule has 19 heavy (non-hydrogen) atoms. The van der Waals surface area contributed by atoms with Gasteiger partial charge in [0.25, 0.3) is 0 Å². The highest BCUT2D eigenvalue weighted by atomic mass is 79.9. The van der Waals surface area contributed by atoms with Crippen molar-refractivity contribution in [1.82, 2.24) is 5.32 Å². The van der Waals surface area contributed by atoms with Crippen LogP contribution in [-0.2, 0) is 4.79 Å². The van der Waals surface area contributed by atoms with Gasteiger partial charge in [0.05, 0.1) is 0 Å². The fraction of sp³-hybridized carbons (Fsp3) is 0.500. The Morgan fingerprint density at radius 3 is 2.53 bits per heavy atom. The standard InChI is InChI=1S/C14H17BrN2O.ClH/c15-10-1-3-11(4-2-10)17-13(18)12-9-14(12)5-7-16-8-6-14;/h1-4,12,16H,5-9H2,(H,17,18);1H. The van der Waals surface area contributed by atoms with Gasteiger partial charge in [-0.3, -0.25) is 4.79 Å². The van der Waals surface area contributed by atoms with Crippen molar-refractivity contribution >= 4 is 39.9 Å². The topological polar surface area (TPSA) is 41.1 Å². The average Bonchev–Trinajstić information content (AvgIpc) is 3.07. The lowest BCUT2D eigenvalue weighted by Crippen LogP contribution is -2.31. The second kappa shape index (κ2) is 5.81. The minimum absolute atomic E-state index is 0. The van der Waals surface area contributed by atoms with Crippen molar-refractivity contribution in [3.63, 3.8) is 0 Å². The van der Waals surface area contributed by atoms with Crippen LogP contribution in [0.15, 0.2) is 28.7 Å². The van der Waals surface area contributed by atoms with Crippen LogP contribution < -0.4 is 10.6 Å². The summed E-state index contributed by atoms with van der Waals surface area (Å²) in [6.45, 7) is 2.12. The van der Waals surface area contributed by atoms with Crippen molar-refractivity contribution < 1.29 is 4.79 Å². The molecule has 2 aliphatic rings. The number of amides is 1. The van der Waals surface area contributed by atoms with Crippen molar-refractivity contribution in [2.75, 3.05) is 18.4 Å². The first-order valence-electron chi connectivity index (χ1n) is 6.47. The Labute approximate surface area is 128 Å². The lowest BCUT2D eigenvalue weighted by Gasteiger charge is -2.23. The van der Waals surface area contributed by atoms with Gasteiger partial charge in [0, 0.05) is 16.1 Å². The molecule has 1 aliphatic carbocycles. The van der Waals surface area contributed by atoms with E-state index in [2.05, 4.69) is 26.6 Å². The summed E-state index contributed by atoms with van der Waals surface area (Å²) in [6, 6.07) is 7.75. The monoisotopic (exact) mass is 344 g/mol. The third-order valence-electron chi connectivity index (χ3n) is 4.22. The molecule has 1 saturated heterocycles. The van der Waals surface area contributed by atoms with E-state index in [1.165, 1.54) is 0 Å². The van der Waals surface area contributed by atoms with Gasteiger partial charge in [-0.1, -0.05) is 15.9 Å². The average molecular weight is 346 g/mol. The van der Waals surface area contributed by atoms with Crippen molar-refractivity contribution in [1.29, 1.82) is 0 Å². The van der Waals surface area contributed by atoms with Crippen LogP contribution in [0.1, 0.15) is 19.3 Å². The predicted molar refractivity (Wildman–Crippen MR) is 82.7 cm³/mol. The summed E-state index contributed by atoms with van der Waals surface area (Å²) in [5.41, 5.74) is 1.20. The van der Waals surface area contributed by atoms with Crippen LogP contribution in [0.4, 0.5) is 5.69 Å². The van der Waals surface area contributed by atoms with Gasteiger partial charge in [0.15, 0.2) is 0 Å². The number of halogens is 2. The molecule has 1 aromatic rings. The van der Waals surface area contributed by atoms with Gasteiger partial charge in [0.2, 0.25) is 5.91 Å². The Kier molecular flexibility index (Phi) is 4.54. The lowest BCUT2D eigenvalue weighted by atomic mass is 9.92. The molecule has 1 spiro atoms. The van der Waals surface area contributed by atoms with E-state index < -0.39 is 0 Å². The molecule has 2 N–H and O–H groups in total. The molecule has 0 aromatic heterocycles. The molecule has 3 nitrogen and oxygen atoms in total. The van der Waals surface area contributed by atoms with E-state index in [1.54, 1.807) is 0 Å². The van der Waals surface area contributed by atoms with Gasteiger partial charge in [-0.25, -0.2) is 0 Å². The molecule has 0 bridgehead atoms. The zero-order valence-electron chi connectivity index (χ0n) is 10.6. The second-order valence-corrected chi connectivity index (χ2v) is 6.28. The molecule has 1 saturated carbocycles. The highest BCUT2D eigenvalue weighted by molar-refractivity contribution is 9.10. The number of rotatable bonds is 2. The maximum Gasteiger partial charge on any atom is 0.228 e. The number of anilines is 1. The van der Waals surface area contributed by atoms with E-state index in [1.807, 2.05) is 24.3 Å². The van der Waals surface area contributed by atoms with E-state index in [9.17, 15) is 4.79 Å². The van der Waals surface area contributed by atoms with Crippen LogP contribution >= 0.6 is 28.3 Å². The number of carbonyl (C=O) groups excluding carboxylic acids is 1. The summed E-state index contributed by atoms with van der Waals surface area (Å²) in [5.74, 6) is 0.419. The van der Waals surface area contributed by atoms with E-state index in [0.717, 1.165) is 42.5 Å². The molecule has 0 radical (unpaired) electrons. The molecule has 1 aliphatic heterocycles. The Hall–Kier alpha value is -0.580. The summed E-state index contributed by atoms with van der Waals surface area (Å²) >= 11 is 3.39. The summed E-state index contributed by atoms with van der Waals surface area (Å²) < 4.78 is 1.03. The normalized spacial score (nSPS) is 23.5. The largest absolute Gasteiger partial charge is 0.326 e. The molecule has 1 unspecified atom stereocenters. The molecular weight excluding hydrogens is 328 g/mol. The summed E-state index contributed by atoms with van der Waals surface area (Å²) in [4.78, 5) is 12.2.